The van der Waals surface area contributed by atoms with E-state index < -0.39 is 45.0 Å². The second-order valence-electron chi connectivity index (χ2n) is 6.50. The molecule has 11 heteroatoms. The van der Waals surface area contributed by atoms with Crippen molar-refractivity contribution in [1.29, 1.82) is 0 Å². The fourth-order valence-corrected chi connectivity index (χ4v) is 3.50. The first-order chi connectivity index (χ1) is 13.9. The normalized spacial score (nSPS) is 22.4. The molecular formula is C19H15ClF3NO6. The number of hydrogen-bond acceptors (Lipinski definition) is 5. The van der Waals surface area contributed by atoms with E-state index >= 15 is 0 Å². The van der Waals surface area contributed by atoms with E-state index in [9.17, 15) is 38.0 Å². The van der Waals surface area contributed by atoms with Crippen molar-refractivity contribution in [2.45, 2.75) is 19.1 Å². The summed E-state index contributed by atoms with van der Waals surface area (Å²) in [6.07, 6.45) is -1.41. The minimum atomic E-state index is -4.64. The standard InChI is InChI=1S/C19H15ClF3NO6/c1-3-11(9-25)18(17(26)27)8-13(6-10(2)16(18)24(28)29)30-15-5-4-12(7-14(15)20)19(21,22)23/h3-9,11,16H,1H2,2H3,(H,26,27). The van der Waals surface area contributed by atoms with Gasteiger partial charge in [0.05, 0.1) is 16.5 Å². The Morgan fingerprint density at radius 1 is 1.47 bits per heavy atom. The molecule has 0 aliphatic heterocycles. The minimum absolute atomic E-state index is 0.0448. The first kappa shape index (κ1) is 23.1. The maximum Gasteiger partial charge on any atom is 0.416 e. The number of carboxylic acid groups (broad SMARTS) is 1. The van der Waals surface area contributed by atoms with Gasteiger partial charge in [0.1, 0.15) is 17.8 Å². The van der Waals surface area contributed by atoms with Crippen molar-refractivity contribution in [2.75, 3.05) is 0 Å². The van der Waals surface area contributed by atoms with Gasteiger partial charge in [-0.15, -0.1) is 6.58 Å². The van der Waals surface area contributed by atoms with Gasteiger partial charge in [-0.1, -0.05) is 17.7 Å². The summed E-state index contributed by atoms with van der Waals surface area (Å²) in [6, 6.07) is 0.461. The Kier molecular flexibility index (Phi) is 6.41. The first-order valence-electron chi connectivity index (χ1n) is 8.28. The maximum atomic E-state index is 12.8. The molecule has 0 spiro atoms. The molecule has 160 valence electrons. The summed E-state index contributed by atoms with van der Waals surface area (Å²) in [6.45, 7) is 4.65. The Bertz CT molecular complexity index is 964. The van der Waals surface area contributed by atoms with Crippen molar-refractivity contribution >= 4 is 23.9 Å². The van der Waals surface area contributed by atoms with Crippen LogP contribution in [0, 0.1) is 21.4 Å². The van der Waals surface area contributed by atoms with Crippen LogP contribution < -0.4 is 4.74 Å². The van der Waals surface area contributed by atoms with Crippen molar-refractivity contribution in [1.82, 2.24) is 0 Å². The van der Waals surface area contributed by atoms with Gasteiger partial charge in [0, 0.05) is 10.5 Å². The van der Waals surface area contributed by atoms with E-state index in [4.69, 9.17) is 16.3 Å². The first-order valence-corrected chi connectivity index (χ1v) is 8.66. The van der Waals surface area contributed by atoms with Gasteiger partial charge in [-0.05, 0) is 37.3 Å². The quantitative estimate of drug-likeness (QED) is 0.290. The topological polar surface area (TPSA) is 107 Å². The molecule has 0 saturated heterocycles. The lowest BCUT2D eigenvalue weighted by atomic mass is 9.66. The minimum Gasteiger partial charge on any atom is -0.480 e. The number of alkyl halides is 3. The molecule has 0 saturated carbocycles. The number of aldehydes is 1. The third kappa shape index (κ3) is 4.09. The number of halogens is 4. The molecule has 0 aromatic heterocycles. The second-order valence-corrected chi connectivity index (χ2v) is 6.91. The van der Waals surface area contributed by atoms with Crippen LogP contribution in [0.5, 0.6) is 5.75 Å². The van der Waals surface area contributed by atoms with Crippen LogP contribution in [0.15, 0.2) is 54.3 Å². The van der Waals surface area contributed by atoms with E-state index in [1.807, 2.05) is 0 Å². The summed E-state index contributed by atoms with van der Waals surface area (Å²) in [4.78, 5) is 34.4. The Morgan fingerprint density at radius 3 is 2.53 bits per heavy atom. The molecule has 1 aliphatic rings. The van der Waals surface area contributed by atoms with Gasteiger partial charge in [-0.2, -0.15) is 13.2 Å². The highest BCUT2D eigenvalue weighted by Gasteiger charge is 2.59. The van der Waals surface area contributed by atoms with Gasteiger partial charge in [0.2, 0.25) is 0 Å². The van der Waals surface area contributed by atoms with Gasteiger partial charge < -0.3 is 14.6 Å². The van der Waals surface area contributed by atoms with Crippen LogP contribution >= 0.6 is 11.6 Å². The lowest BCUT2D eigenvalue weighted by molar-refractivity contribution is -0.527. The van der Waals surface area contributed by atoms with Crippen LogP contribution in [0.3, 0.4) is 0 Å². The molecule has 2 rings (SSSR count). The highest BCUT2D eigenvalue weighted by atomic mass is 35.5. The predicted octanol–water partition coefficient (Wildman–Crippen LogP) is 4.30. The zero-order valence-electron chi connectivity index (χ0n) is 15.4. The van der Waals surface area contributed by atoms with Crippen molar-refractivity contribution < 1.29 is 37.5 Å². The number of carbonyl (C=O) groups excluding carboxylic acids is 1. The number of allylic oxidation sites excluding steroid dienone is 2. The molecular weight excluding hydrogens is 431 g/mol. The summed E-state index contributed by atoms with van der Waals surface area (Å²) in [5.41, 5.74) is -3.43. The van der Waals surface area contributed by atoms with Crippen molar-refractivity contribution in [3.8, 4) is 5.75 Å². The molecule has 0 fully saturated rings. The Hall–Kier alpha value is -3.14. The number of benzene rings is 1. The van der Waals surface area contributed by atoms with E-state index in [1.165, 1.54) is 6.92 Å². The summed E-state index contributed by atoms with van der Waals surface area (Å²) in [5, 5.41) is 21.0. The predicted molar refractivity (Wildman–Crippen MR) is 99.5 cm³/mol. The average molecular weight is 446 g/mol. The molecule has 1 aromatic rings. The third-order valence-electron chi connectivity index (χ3n) is 4.66. The average Bonchev–Trinajstić information content (AvgIpc) is 2.62. The fourth-order valence-electron chi connectivity index (χ4n) is 3.29. The molecule has 30 heavy (non-hydrogen) atoms. The monoisotopic (exact) mass is 445 g/mol. The van der Waals surface area contributed by atoms with Gasteiger partial charge in [-0.3, -0.25) is 14.9 Å². The number of rotatable bonds is 7. The van der Waals surface area contributed by atoms with Crippen molar-refractivity contribution in [2.24, 2.45) is 11.3 Å². The summed E-state index contributed by atoms with van der Waals surface area (Å²) in [5.74, 6) is -3.63. The molecule has 1 N–H and O–H groups in total. The number of carbonyl (C=O) groups is 2. The Morgan fingerprint density at radius 2 is 2.10 bits per heavy atom. The molecule has 0 heterocycles. The third-order valence-corrected chi connectivity index (χ3v) is 4.95. The van der Waals surface area contributed by atoms with E-state index in [1.54, 1.807) is 0 Å². The molecule has 1 aliphatic carbocycles. The van der Waals surface area contributed by atoms with Gasteiger partial charge in [0.15, 0.2) is 5.41 Å². The molecule has 7 nitrogen and oxygen atoms in total. The number of nitrogens with zero attached hydrogens (tertiary/aromatic N) is 1. The highest BCUT2D eigenvalue weighted by molar-refractivity contribution is 6.32. The van der Waals surface area contributed by atoms with Crippen LogP contribution in [0.4, 0.5) is 13.2 Å². The van der Waals surface area contributed by atoms with Crippen molar-refractivity contribution in [3.63, 3.8) is 0 Å². The molecule has 3 unspecified atom stereocenters. The highest BCUT2D eigenvalue weighted by Crippen LogP contribution is 2.44. The summed E-state index contributed by atoms with van der Waals surface area (Å²) >= 11 is 5.85. The Labute approximate surface area is 173 Å². The summed E-state index contributed by atoms with van der Waals surface area (Å²) in [7, 11) is 0. The number of carboxylic acids is 1. The van der Waals surface area contributed by atoms with Gasteiger partial charge in [0.25, 0.3) is 6.04 Å². The smallest absolute Gasteiger partial charge is 0.416 e. The van der Waals surface area contributed by atoms with Gasteiger partial charge >= 0.3 is 12.1 Å². The molecule has 3 atom stereocenters. The zero-order chi connectivity index (χ0) is 22.9. The zero-order valence-corrected chi connectivity index (χ0v) is 16.1. The van der Waals surface area contributed by atoms with Crippen LogP contribution in [-0.2, 0) is 15.8 Å². The molecule has 1 aromatic carbocycles. The maximum absolute atomic E-state index is 12.8. The van der Waals surface area contributed by atoms with E-state index in [2.05, 4.69) is 6.58 Å². The Balaban J connectivity index is 2.60. The number of ether oxygens (including phenoxy) is 1. The SMILES string of the molecule is C=CC(C=O)C1(C(=O)O)C=C(Oc2ccc(C(F)(F)F)cc2Cl)C=C(C)C1[N+](=O)[O-]. The van der Waals surface area contributed by atoms with Gasteiger partial charge in [-0.25, -0.2) is 0 Å². The number of hydrogen-bond donors (Lipinski definition) is 1. The van der Waals surface area contributed by atoms with E-state index in [0.717, 1.165) is 24.3 Å². The lowest BCUT2D eigenvalue weighted by Crippen LogP contribution is -2.52. The van der Waals surface area contributed by atoms with E-state index in [-0.39, 0.29) is 23.4 Å². The van der Waals surface area contributed by atoms with E-state index in [0.29, 0.717) is 12.1 Å². The largest absolute Gasteiger partial charge is 0.480 e. The van der Waals surface area contributed by atoms with Crippen LogP contribution in [0.2, 0.25) is 5.02 Å². The van der Waals surface area contributed by atoms with Crippen molar-refractivity contribution in [3.05, 3.63) is 75.0 Å². The summed E-state index contributed by atoms with van der Waals surface area (Å²) < 4.78 is 43.8. The molecule has 0 radical (unpaired) electrons. The number of aliphatic carboxylic acids is 1. The fraction of sp³-hybridized carbons (Fsp3) is 0.263. The molecule has 0 amide bonds. The van der Waals surface area contributed by atoms with Crippen LogP contribution in [0.1, 0.15) is 12.5 Å². The second kappa shape index (κ2) is 8.31. The number of nitro groups is 1. The van der Waals surface area contributed by atoms with Crippen LogP contribution in [-0.4, -0.2) is 28.3 Å². The molecule has 0 bridgehead atoms. The van der Waals surface area contributed by atoms with Crippen LogP contribution in [0.25, 0.3) is 0 Å². The lowest BCUT2D eigenvalue weighted by Gasteiger charge is -2.35.